The van der Waals surface area contributed by atoms with Gasteiger partial charge in [-0.1, -0.05) is 0 Å². The molecule has 0 aromatic heterocycles. The Morgan fingerprint density at radius 1 is 1.46 bits per heavy atom. The van der Waals surface area contributed by atoms with Crippen molar-refractivity contribution in [2.24, 2.45) is 5.90 Å². The first-order chi connectivity index (χ1) is 6.19. The maximum Gasteiger partial charge on any atom is 0.124 e. The lowest BCUT2D eigenvalue weighted by Gasteiger charge is -2.13. The molecule has 3 nitrogen and oxygen atoms in total. The van der Waals surface area contributed by atoms with E-state index in [0.717, 1.165) is 0 Å². The fourth-order valence-corrected chi connectivity index (χ4v) is 1.10. The van der Waals surface area contributed by atoms with Crippen LogP contribution in [0, 0.1) is 5.82 Å². The Morgan fingerprint density at radius 3 is 2.69 bits per heavy atom. The summed E-state index contributed by atoms with van der Waals surface area (Å²) in [5.74, 6) is 5.23. The molecule has 0 aliphatic carbocycles. The molecule has 1 atom stereocenters. The third-order valence-corrected chi connectivity index (χ3v) is 1.83. The average Bonchev–Trinajstić information content (AvgIpc) is 2.16. The van der Waals surface area contributed by atoms with Gasteiger partial charge in [0.05, 0.1) is 7.11 Å². The highest BCUT2D eigenvalue weighted by molar-refractivity contribution is 5.35. The van der Waals surface area contributed by atoms with Gasteiger partial charge in [0.1, 0.15) is 17.7 Å². The van der Waals surface area contributed by atoms with E-state index in [1.54, 1.807) is 13.0 Å². The maximum atomic E-state index is 12.8. The van der Waals surface area contributed by atoms with Crippen molar-refractivity contribution in [3.05, 3.63) is 29.6 Å². The number of hydrogen-bond acceptors (Lipinski definition) is 3. The number of halogens is 1. The zero-order valence-corrected chi connectivity index (χ0v) is 7.58. The molecule has 0 amide bonds. The number of hydrogen-bond donors (Lipinski definition) is 1. The smallest absolute Gasteiger partial charge is 0.124 e. The molecule has 1 aromatic rings. The Bertz CT molecular complexity index is 291. The van der Waals surface area contributed by atoms with Crippen molar-refractivity contribution in [3.8, 4) is 5.75 Å². The lowest BCUT2D eigenvalue weighted by atomic mass is 10.1. The molecule has 0 aliphatic rings. The van der Waals surface area contributed by atoms with Crippen LogP contribution < -0.4 is 10.6 Å². The Balaban J connectivity index is 3.07. The summed E-state index contributed by atoms with van der Waals surface area (Å²) >= 11 is 0. The second kappa shape index (κ2) is 4.20. The van der Waals surface area contributed by atoms with Gasteiger partial charge < -0.3 is 4.74 Å². The second-order valence-electron chi connectivity index (χ2n) is 2.66. The third kappa shape index (κ3) is 2.17. The standard InChI is InChI=1S/C9H12FNO2/c1-6(13-11)8-5-7(10)3-4-9(8)12-2/h3-6H,11H2,1-2H3. The monoisotopic (exact) mass is 185 g/mol. The summed E-state index contributed by atoms with van der Waals surface area (Å²) in [6, 6.07) is 4.21. The molecule has 13 heavy (non-hydrogen) atoms. The Labute approximate surface area is 76.2 Å². The van der Waals surface area contributed by atoms with E-state index < -0.39 is 0 Å². The third-order valence-electron chi connectivity index (χ3n) is 1.83. The average molecular weight is 185 g/mol. The molecule has 1 rings (SSSR count). The molecule has 0 saturated heterocycles. The second-order valence-corrected chi connectivity index (χ2v) is 2.66. The molecule has 1 unspecified atom stereocenters. The highest BCUT2D eigenvalue weighted by Crippen LogP contribution is 2.26. The molecule has 0 aliphatic heterocycles. The van der Waals surface area contributed by atoms with E-state index in [4.69, 9.17) is 10.6 Å². The number of ether oxygens (including phenoxy) is 1. The maximum absolute atomic E-state index is 12.8. The Kier molecular flexibility index (Phi) is 3.22. The van der Waals surface area contributed by atoms with E-state index >= 15 is 0 Å². The molecule has 0 heterocycles. The Morgan fingerprint density at radius 2 is 2.15 bits per heavy atom. The molecular weight excluding hydrogens is 173 g/mol. The van der Waals surface area contributed by atoms with Crippen molar-refractivity contribution in [3.63, 3.8) is 0 Å². The van der Waals surface area contributed by atoms with Crippen molar-refractivity contribution in [2.45, 2.75) is 13.0 Å². The van der Waals surface area contributed by atoms with Gasteiger partial charge in [-0.15, -0.1) is 0 Å². The van der Waals surface area contributed by atoms with Crippen LogP contribution >= 0.6 is 0 Å². The number of rotatable bonds is 3. The van der Waals surface area contributed by atoms with Gasteiger partial charge in [-0.2, -0.15) is 0 Å². The lowest BCUT2D eigenvalue weighted by Crippen LogP contribution is -2.07. The summed E-state index contributed by atoms with van der Waals surface area (Å²) < 4.78 is 17.8. The SMILES string of the molecule is COc1ccc(F)cc1C(C)ON. The molecule has 0 saturated carbocycles. The first-order valence-corrected chi connectivity index (χ1v) is 3.88. The van der Waals surface area contributed by atoms with Crippen LogP contribution in [0.1, 0.15) is 18.6 Å². The van der Waals surface area contributed by atoms with Gasteiger partial charge in [0.15, 0.2) is 0 Å². The van der Waals surface area contributed by atoms with Crippen LogP contribution in [0.3, 0.4) is 0 Å². The quantitative estimate of drug-likeness (QED) is 0.730. The predicted molar refractivity (Wildman–Crippen MR) is 46.6 cm³/mol. The normalized spacial score (nSPS) is 12.6. The zero-order valence-electron chi connectivity index (χ0n) is 7.58. The topological polar surface area (TPSA) is 44.5 Å². The fourth-order valence-electron chi connectivity index (χ4n) is 1.10. The van der Waals surface area contributed by atoms with Gasteiger partial charge in [-0.05, 0) is 25.1 Å². The molecule has 0 bridgehead atoms. The van der Waals surface area contributed by atoms with E-state index in [1.807, 2.05) is 0 Å². The molecule has 0 fully saturated rings. The summed E-state index contributed by atoms with van der Waals surface area (Å²) in [5.41, 5.74) is 0.602. The minimum absolute atomic E-state index is 0.334. The highest BCUT2D eigenvalue weighted by atomic mass is 19.1. The van der Waals surface area contributed by atoms with Gasteiger partial charge in [0, 0.05) is 5.56 Å². The summed E-state index contributed by atoms with van der Waals surface area (Å²) in [7, 11) is 1.51. The van der Waals surface area contributed by atoms with Crippen molar-refractivity contribution in [1.82, 2.24) is 0 Å². The van der Waals surface area contributed by atoms with Gasteiger partial charge in [-0.25, -0.2) is 10.3 Å². The first-order valence-electron chi connectivity index (χ1n) is 3.88. The Hall–Kier alpha value is -1.13. The fraction of sp³-hybridized carbons (Fsp3) is 0.333. The van der Waals surface area contributed by atoms with Gasteiger partial charge in [0.2, 0.25) is 0 Å². The van der Waals surface area contributed by atoms with Crippen molar-refractivity contribution < 1.29 is 14.0 Å². The minimum Gasteiger partial charge on any atom is -0.496 e. The van der Waals surface area contributed by atoms with E-state index in [9.17, 15) is 4.39 Å². The van der Waals surface area contributed by atoms with Crippen molar-refractivity contribution >= 4 is 0 Å². The van der Waals surface area contributed by atoms with Crippen LogP contribution in [0.4, 0.5) is 4.39 Å². The molecular formula is C9H12FNO2. The lowest BCUT2D eigenvalue weighted by molar-refractivity contribution is 0.0644. The number of methoxy groups -OCH3 is 1. The van der Waals surface area contributed by atoms with Crippen LogP contribution in [0.25, 0.3) is 0 Å². The van der Waals surface area contributed by atoms with Crippen LogP contribution in [-0.4, -0.2) is 7.11 Å². The van der Waals surface area contributed by atoms with Crippen LogP contribution in [0.2, 0.25) is 0 Å². The van der Waals surface area contributed by atoms with Crippen LogP contribution in [0.5, 0.6) is 5.75 Å². The van der Waals surface area contributed by atoms with E-state index in [-0.39, 0.29) is 11.9 Å². The van der Waals surface area contributed by atoms with Gasteiger partial charge in [-0.3, -0.25) is 4.84 Å². The highest BCUT2D eigenvalue weighted by Gasteiger charge is 2.11. The largest absolute Gasteiger partial charge is 0.496 e. The molecule has 2 N–H and O–H groups in total. The van der Waals surface area contributed by atoms with Gasteiger partial charge in [0.25, 0.3) is 0 Å². The van der Waals surface area contributed by atoms with E-state index in [2.05, 4.69) is 4.84 Å². The summed E-state index contributed by atoms with van der Waals surface area (Å²) in [5, 5.41) is 0. The number of benzene rings is 1. The van der Waals surface area contributed by atoms with Crippen molar-refractivity contribution in [2.75, 3.05) is 7.11 Å². The molecule has 0 radical (unpaired) electrons. The van der Waals surface area contributed by atoms with E-state index in [0.29, 0.717) is 11.3 Å². The molecule has 4 heteroatoms. The predicted octanol–water partition coefficient (Wildman–Crippen LogP) is 1.79. The summed E-state index contributed by atoms with van der Waals surface area (Å²) in [6.07, 6.45) is -0.384. The van der Waals surface area contributed by atoms with Crippen molar-refractivity contribution in [1.29, 1.82) is 0 Å². The van der Waals surface area contributed by atoms with Gasteiger partial charge >= 0.3 is 0 Å². The summed E-state index contributed by atoms with van der Waals surface area (Å²) in [6.45, 7) is 1.72. The summed E-state index contributed by atoms with van der Waals surface area (Å²) in [4.78, 5) is 4.59. The van der Waals surface area contributed by atoms with Crippen LogP contribution in [-0.2, 0) is 4.84 Å². The number of nitrogens with two attached hydrogens (primary N) is 1. The zero-order chi connectivity index (χ0) is 9.84. The molecule has 1 aromatic carbocycles. The molecule has 0 spiro atoms. The first kappa shape index (κ1) is 9.95. The van der Waals surface area contributed by atoms with E-state index in [1.165, 1.54) is 19.2 Å². The minimum atomic E-state index is -0.384. The van der Waals surface area contributed by atoms with Crippen LogP contribution in [0.15, 0.2) is 18.2 Å². The molecule has 72 valence electrons.